The summed E-state index contributed by atoms with van der Waals surface area (Å²) in [6.45, 7) is 0. The van der Waals surface area contributed by atoms with Crippen LogP contribution in [-0.4, -0.2) is 34.7 Å². The largest absolute Gasteiger partial charge is 0.392 e. The Hall–Kier alpha value is -2.71. The number of non-ortho nitro benzene ring substituents is 1. The van der Waals surface area contributed by atoms with Crippen LogP contribution in [0.1, 0.15) is 10.4 Å². The zero-order valence-electron chi connectivity index (χ0n) is 9.61. The van der Waals surface area contributed by atoms with Gasteiger partial charge in [0.1, 0.15) is 5.69 Å². The maximum atomic E-state index is 11.7. The number of nitrogens with two attached hydrogens (primary N) is 1. The topological polar surface area (TPSA) is 133 Å². The van der Waals surface area contributed by atoms with Crippen molar-refractivity contribution in [3.05, 3.63) is 37.9 Å². The summed E-state index contributed by atoms with van der Waals surface area (Å²) in [5, 5.41) is 21.4. The number of nitro benzene ring substituents is 2. The van der Waals surface area contributed by atoms with Gasteiger partial charge in [-0.15, -0.1) is 0 Å². The number of nitrogens with zero attached hydrogens (tertiary/aromatic N) is 3. The third-order valence-electron chi connectivity index (χ3n) is 2.19. The average molecular weight is 254 g/mol. The summed E-state index contributed by atoms with van der Waals surface area (Å²) in [5.41, 5.74) is 3.62. The minimum absolute atomic E-state index is 0.263. The van der Waals surface area contributed by atoms with E-state index in [-0.39, 0.29) is 11.3 Å². The molecule has 0 saturated carbocycles. The lowest BCUT2D eigenvalue weighted by Gasteiger charge is -2.11. The van der Waals surface area contributed by atoms with Crippen molar-refractivity contribution in [1.82, 2.24) is 4.90 Å². The predicted octanol–water partition coefficient (Wildman–Crippen LogP) is 0.787. The van der Waals surface area contributed by atoms with Crippen LogP contribution in [0.25, 0.3) is 0 Å². The fourth-order valence-electron chi connectivity index (χ4n) is 1.30. The van der Waals surface area contributed by atoms with Gasteiger partial charge in [-0.2, -0.15) is 0 Å². The second-order valence-corrected chi connectivity index (χ2v) is 3.64. The first-order valence-electron chi connectivity index (χ1n) is 4.69. The smallest absolute Gasteiger partial charge is 0.299 e. The van der Waals surface area contributed by atoms with E-state index in [0.717, 1.165) is 17.0 Å². The van der Waals surface area contributed by atoms with E-state index in [1.807, 2.05) is 0 Å². The van der Waals surface area contributed by atoms with Crippen molar-refractivity contribution in [1.29, 1.82) is 0 Å². The summed E-state index contributed by atoms with van der Waals surface area (Å²) >= 11 is 0. The second kappa shape index (κ2) is 4.65. The molecular formula is C9H10N4O5. The Morgan fingerprint density at radius 1 is 1.22 bits per heavy atom. The Labute approximate surface area is 101 Å². The van der Waals surface area contributed by atoms with E-state index in [1.54, 1.807) is 0 Å². The normalized spacial score (nSPS) is 9.89. The standard InChI is InChI=1S/C9H10N4O5/c1-11(2)9(14)6-3-5(12(15)16)4-7(8(6)10)13(17)18/h3-4H,10H2,1-2H3. The molecule has 1 aromatic rings. The molecule has 0 heterocycles. The first kappa shape index (κ1) is 13.4. The monoisotopic (exact) mass is 254 g/mol. The molecule has 2 N–H and O–H groups in total. The van der Waals surface area contributed by atoms with Crippen LogP contribution in [0.15, 0.2) is 12.1 Å². The van der Waals surface area contributed by atoms with Gasteiger partial charge in [-0.25, -0.2) is 0 Å². The quantitative estimate of drug-likeness (QED) is 0.481. The van der Waals surface area contributed by atoms with Gasteiger partial charge in [0, 0.05) is 20.2 Å². The van der Waals surface area contributed by atoms with Crippen LogP contribution >= 0.6 is 0 Å². The van der Waals surface area contributed by atoms with Crippen LogP contribution in [0.2, 0.25) is 0 Å². The highest BCUT2D eigenvalue weighted by Gasteiger charge is 2.26. The van der Waals surface area contributed by atoms with Crippen LogP contribution in [0.5, 0.6) is 0 Å². The Morgan fingerprint density at radius 3 is 2.17 bits per heavy atom. The number of rotatable bonds is 3. The number of benzene rings is 1. The van der Waals surface area contributed by atoms with Gasteiger partial charge in [0.05, 0.1) is 21.5 Å². The van der Waals surface area contributed by atoms with Crippen molar-refractivity contribution in [2.45, 2.75) is 0 Å². The van der Waals surface area contributed by atoms with E-state index in [4.69, 9.17) is 5.73 Å². The van der Waals surface area contributed by atoms with Crippen molar-refractivity contribution in [2.24, 2.45) is 0 Å². The van der Waals surface area contributed by atoms with E-state index >= 15 is 0 Å². The fourth-order valence-corrected chi connectivity index (χ4v) is 1.30. The van der Waals surface area contributed by atoms with E-state index in [1.165, 1.54) is 14.1 Å². The van der Waals surface area contributed by atoms with Gasteiger partial charge in [-0.1, -0.05) is 0 Å². The van der Waals surface area contributed by atoms with E-state index < -0.39 is 27.1 Å². The first-order chi connectivity index (χ1) is 8.25. The molecule has 1 amide bonds. The summed E-state index contributed by atoms with van der Waals surface area (Å²) in [5.74, 6) is -0.640. The number of hydrogen-bond acceptors (Lipinski definition) is 6. The number of hydrogen-bond donors (Lipinski definition) is 1. The molecule has 0 bridgehead atoms. The molecule has 1 aromatic carbocycles. The Balaban J connectivity index is 3.55. The molecule has 0 atom stereocenters. The lowest BCUT2D eigenvalue weighted by atomic mass is 10.1. The molecule has 18 heavy (non-hydrogen) atoms. The highest BCUT2D eigenvalue weighted by Crippen LogP contribution is 2.31. The molecule has 1 rings (SSSR count). The van der Waals surface area contributed by atoms with Gasteiger partial charge in [-0.3, -0.25) is 25.0 Å². The van der Waals surface area contributed by atoms with Crippen LogP contribution in [0, 0.1) is 20.2 Å². The molecule has 0 spiro atoms. The zero-order valence-corrected chi connectivity index (χ0v) is 9.61. The highest BCUT2D eigenvalue weighted by atomic mass is 16.6. The third kappa shape index (κ3) is 2.34. The minimum Gasteiger partial charge on any atom is -0.392 e. The number of amides is 1. The molecule has 0 fully saturated rings. The first-order valence-corrected chi connectivity index (χ1v) is 4.69. The van der Waals surface area contributed by atoms with Crippen molar-refractivity contribution in [2.75, 3.05) is 19.8 Å². The summed E-state index contributed by atoms with van der Waals surface area (Å²) in [6, 6.07) is 1.65. The second-order valence-electron chi connectivity index (χ2n) is 3.64. The van der Waals surface area contributed by atoms with Crippen LogP contribution < -0.4 is 5.73 Å². The summed E-state index contributed by atoms with van der Waals surface area (Å²) in [6.07, 6.45) is 0. The van der Waals surface area contributed by atoms with Crippen molar-refractivity contribution in [3.63, 3.8) is 0 Å². The van der Waals surface area contributed by atoms with Crippen molar-refractivity contribution < 1.29 is 14.6 Å². The maximum Gasteiger partial charge on any atom is 0.299 e. The highest BCUT2D eigenvalue weighted by molar-refractivity contribution is 6.01. The van der Waals surface area contributed by atoms with Gasteiger partial charge < -0.3 is 10.6 Å². The molecule has 9 nitrogen and oxygen atoms in total. The maximum absolute atomic E-state index is 11.7. The molecule has 0 aromatic heterocycles. The van der Waals surface area contributed by atoms with Crippen LogP contribution in [-0.2, 0) is 0 Å². The summed E-state index contributed by atoms with van der Waals surface area (Å²) < 4.78 is 0. The lowest BCUT2D eigenvalue weighted by molar-refractivity contribution is -0.393. The molecule has 0 aliphatic carbocycles. The van der Waals surface area contributed by atoms with Crippen LogP contribution in [0.4, 0.5) is 17.1 Å². The molecule has 0 unspecified atom stereocenters. The molecule has 96 valence electrons. The van der Waals surface area contributed by atoms with Gasteiger partial charge in [-0.05, 0) is 0 Å². The summed E-state index contributed by atoms with van der Waals surface area (Å²) in [7, 11) is 2.82. The average Bonchev–Trinajstić information content (AvgIpc) is 2.27. The SMILES string of the molecule is CN(C)C(=O)c1cc([N+](=O)[O-])cc([N+](=O)[O-])c1N. The van der Waals surface area contributed by atoms with E-state index in [9.17, 15) is 25.0 Å². The number of nitrogen functional groups attached to an aromatic ring is 1. The third-order valence-corrected chi connectivity index (χ3v) is 2.19. The predicted molar refractivity (Wildman–Crippen MR) is 62.2 cm³/mol. The van der Waals surface area contributed by atoms with Crippen molar-refractivity contribution >= 4 is 23.0 Å². The fraction of sp³-hybridized carbons (Fsp3) is 0.222. The molecule has 9 heteroatoms. The Morgan fingerprint density at radius 2 is 1.78 bits per heavy atom. The van der Waals surface area contributed by atoms with Gasteiger partial charge in [0.25, 0.3) is 17.3 Å². The number of nitro groups is 2. The Kier molecular flexibility index (Phi) is 3.45. The van der Waals surface area contributed by atoms with Gasteiger partial charge in [0.15, 0.2) is 0 Å². The number of carbonyl (C=O) groups excluding carboxylic acids is 1. The number of carbonyl (C=O) groups is 1. The zero-order chi connectivity index (χ0) is 14.0. The Bertz CT molecular complexity index is 540. The summed E-state index contributed by atoms with van der Waals surface area (Å²) in [4.78, 5) is 32.5. The molecule has 0 aliphatic rings. The molecule has 0 saturated heterocycles. The number of anilines is 1. The van der Waals surface area contributed by atoms with Crippen molar-refractivity contribution in [3.8, 4) is 0 Å². The molecule has 0 aliphatic heterocycles. The van der Waals surface area contributed by atoms with Gasteiger partial charge in [0.2, 0.25) is 0 Å². The molecule has 0 radical (unpaired) electrons. The van der Waals surface area contributed by atoms with E-state index in [2.05, 4.69) is 0 Å². The lowest BCUT2D eigenvalue weighted by Crippen LogP contribution is -2.23. The van der Waals surface area contributed by atoms with Crippen LogP contribution in [0.3, 0.4) is 0 Å². The van der Waals surface area contributed by atoms with Gasteiger partial charge >= 0.3 is 0 Å². The molecular weight excluding hydrogens is 244 g/mol. The van der Waals surface area contributed by atoms with E-state index in [0.29, 0.717) is 0 Å². The minimum atomic E-state index is -0.866.